The number of hydrogen-bond acceptors (Lipinski definition) is 4. The standard InChI is InChI=1S/C23H22N4OS/c24-19-8-4-5-9-20(19)26-22(28)18-12-10-16(11-13-18)14-25-23-27-21(15-29-23)17-6-2-1-3-7-17/h1-13,21H,14-15,24H2,(H,25,27)(H,26,28)/t21-/m0/s1. The van der Waals surface area contributed by atoms with E-state index in [2.05, 4.69) is 39.9 Å². The average Bonchev–Trinajstić information content (AvgIpc) is 3.24. The van der Waals surface area contributed by atoms with Gasteiger partial charge in [0.25, 0.3) is 5.91 Å². The maximum absolute atomic E-state index is 12.4. The Labute approximate surface area is 174 Å². The Morgan fingerprint density at radius 1 is 1.03 bits per heavy atom. The van der Waals surface area contributed by atoms with Crippen molar-refractivity contribution < 1.29 is 4.79 Å². The van der Waals surface area contributed by atoms with Crippen LogP contribution in [0.5, 0.6) is 0 Å². The number of hydrogen-bond donors (Lipinski definition) is 3. The average molecular weight is 403 g/mol. The van der Waals surface area contributed by atoms with E-state index in [1.807, 2.05) is 42.5 Å². The van der Waals surface area contributed by atoms with Gasteiger partial charge in [-0.3, -0.25) is 9.79 Å². The van der Waals surface area contributed by atoms with E-state index in [1.54, 1.807) is 23.9 Å². The Hall–Kier alpha value is -3.25. The molecule has 0 radical (unpaired) electrons. The third-order valence-electron chi connectivity index (χ3n) is 4.72. The van der Waals surface area contributed by atoms with Crippen LogP contribution in [0.15, 0.2) is 83.9 Å². The molecule has 1 saturated heterocycles. The van der Waals surface area contributed by atoms with Crippen molar-refractivity contribution in [2.75, 3.05) is 16.8 Å². The number of anilines is 2. The Morgan fingerprint density at radius 2 is 1.76 bits per heavy atom. The lowest BCUT2D eigenvalue weighted by Crippen LogP contribution is -2.19. The molecule has 6 heteroatoms. The van der Waals surface area contributed by atoms with E-state index in [1.165, 1.54) is 5.56 Å². The Kier molecular flexibility index (Phi) is 5.81. The van der Waals surface area contributed by atoms with E-state index >= 15 is 0 Å². The minimum absolute atomic E-state index is 0.181. The van der Waals surface area contributed by atoms with E-state index in [0.29, 0.717) is 29.5 Å². The van der Waals surface area contributed by atoms with E-state index in [9.17, 15) is 4.79 Å². The molecular weight excluding hydrogens is 380 g/mol. The van der Waals surface area contributed by atoms with Crippen molar-refractivity contribution in [3.8, 4) is 0 Å². The number of amidine groups is 1. The van der Waals surface area contributed by atoms with E-state index in [4.69, 9.17) is 5.73 Å². The highest BCUT2D eigenvalue weighted by Gasteiger charge is 2.21. The number of para-hydroxylation sites is 2. The number of aliphatic imine (C=N–C) groups is 1. The number of nitrogens with zero attached hydrogens (tertiary/aromatic N) is 1. The first-order chi connectivity index (χ1) is 14.2. The molecule has 3 aromatic carbocycles. The van der Waals surface area contributed by atoms with Crippen molar-refractivity contribution in [3.63, 3.8) is 0 Å². The molecule has 0 saturated carbocycles. The number of rotatable bonds is 5. The third kappa shape index (κ3) is 4.78. The van der Waals surface area contributed by atoms with Gasteiger partial charge in [0.2, 0.25) is 0 Å². The lowest BCUT2D eigenvalue weighted by molar-refractivity contribution is 0.102. The summed E-state index contributed by atoms with van der Waals surface area (Å²) in [5.74, 6) is 0.796. The zero-order valence-corrected chi connectivity index (χ0v) is 16.7. The molecule has 1 fully saturated rings. The summed E-state index contributed by atoms with van der Waals surface area (Å²) in [6.07, 6.45) is 0. The van der Waals surface area contributed by atoms with Gasteiger partial charge in [0.05, 0.1) is 24.0 Å². The second kappa shape index (κ2) is 8.84. The molecular formula is C23H22N4OS. The van der Waals surface area contributed by atoms with Crippen molar-refractivity contribution >= 4 is 34.2 Å². The molecule has 1 atom stereocenters. The summed E-state index contributed by atoms with van der Waals surface area (Å²) in [4.78, 5) is 17.1. The highest BCUT2D eigenvalue weighted by Crippen LogP contribution is 2.26. The number of amides is 1. The predicted molar refractivity (Wildman–Crippen MR) is 121 cm³/mol. The van der Waals surface area contributed by atoms with E-state index in [-0.39, 0.29) is 5.91 Å². The second-order valence-electron chi connectivity index (χ2n) is 6.78. The lowest BCUT2D eigenvalue weighted by atomic mass is 10.1. The predicted octanol–water partition coefficient (Wildman–Crippen LogP) is 4.45. The van der Waals surface area contributed by atoms with Gasteiger partial charge in [0.15, 0.2) is 5.17 Å². The minimum atomic E-state index is -0.181. The fraction of sp³-hybridized carbons (Fsp3) is 0.130. The Bertz CT molecular complexity index is 1020. The minimum Gasteiger partial charge on any atom is -0.397 e. The van der Waals surface area contributed by atoms with Crippen LogP contribution >= 0.6 is 11.8 Å². The SMILES string of the molecule is Nc1ccccc1NC(=O)c1ccc(CN=C2N[C@H](c3ccccc3)CS2)cc1. The first-order valence-electron chi connectivity index (χ1n) is 9.42. The van der Waals surface area contributed by atoms with Gasteiger partial charge in [-0.2, -0.15) is 0 Å². The fourth-order valence-corrected chi connectivity index (χ4v) is 4.06. The highest BCUT2D eigenvalue weighted by atomic mass is 32.2. The van der Waals surface area contributed by atoms with Gasteiger partial charge >= 0.3 is 0 Å². The summed E-state index contributed by atoms with van der Waals surface area (Å²) in [5.41, 5.74) is 9.96. The zero-order chi connectivity index (χ0) is 20.1. The quantitative estimate of drug-likeness (QED) is 0.551. The molecule has 1 aliphatic heterocycles. The third-order valence-corrected chi connectivity index (χ3v) is 5.74. The van der Waals surface area contributed by atoms with Crippen LogP contribution in [0.2, 0.25) is 0 Å². The van der Waals surface area contributed by atoms with Crippen molar-refractivity contribution in [3.05, 3.63) is 95.6 Å². The molecule has 4 rings (SSSR count). The van der Waals surface area contributed by atoms with Crippen LogP contribution in [0.4, 0.5) is 11.4 Å². The van der Waals surface area contributed by atoms with Gasteiger partial charge in [-0.05, 0) is 35.4 Å². The van der Waals surface area contributed by atoms with Crippen LogP contribution in [-0.4, -0.2) is 16.8 Å². The maximum Gasteiger partial charge on any atom is 0.255 e. The summed E-state index contributed by atoms with van der Waals surface area (Å²) < 4.78 is 0. The smallest absolute Gasteiger partial charge is 0.255 e. The van der Waals surface area contributed by atoms with Crippen LogP contribution in [0, 0.1) is 0 Å². The van der Waals surface area contributed by atoms with Crippen molar-refractivity contribution in [1.29, 1.82) is 0 Å². The summed E-state index contributed by atoms with van der Waals surface area (Å²) >= 11 is 1.74. The van der Waals surface area contributed by atoms with Gasteiger partial charge in [-0.15, -0.1) is 0 Å². The molecule has 0 aromatic heterocycles. The molecule has 1 amide bonds. The molecule has 146 valence electrons. The monoisotopic (exact) mass is 402 g/mol. The number of nitrogen functional groups attached to an aromatic ring is 1. The van der Waals surface area contributed by atoms with Crippen LogP contribution in [0.1, 0.15) is 27.5 Å². The number of carbonyl (C=O) groups excluding carboxylic acids is 1. The first kappa shape index (κ1) is 19.1. The molecule has 0 bridgehead atoms. The second-order valence-corrected chi connectivity index (χ2v) is 7.79. The van der Waals surface area contributed by atoms with Gasteiger partial charge in [-0.25, -0.2) is 0 Å². The van der Waals surface area contributed by atoms with Crippen LogP contribution in [0.25, 0.3) is 0 Å². The largest absolute Gasteiger partial charge is 0.397 e. The van der Waals surface area contributed by atoms with Crippen molar-refractivity contribution in [1.82, 2.24) is 5.32 Å². The molecule has 4 N–H and O–H groups in total. The van der Waals surface area contributed by atoms with E-state index < -0.39 is 0 Å². The maximum atomic E-state index is 12.4. The number of benzene rings is 3. The van der Waals surface area contributed by atoms with Gasteiger partial charge in [0, 0.05) is 11.3 Å². The molecule has 0 unspecified atom stereocenters. The molecule has 1 aliphatic rings. The van der Waals surface area contributed by atoms with Gasteiger partial charge in [-0.1, -0.05) is 66.4 Å². The molecule has 3 aromatic rings. The zero-order valence-electron chi connectivity index (χ0n) is 15.8. The van der Waals surface area contributed by atoms with Gasteiger partial charge in [0.1, 0.15) is 0 Å². The Balaban J connectivity index is 1.34. The molecule has 0 spiro atoms. The molecule has 1 heterocycles. The van der Waals surface area contributed by atoms with E-state index in [0.717, 1.165) is 16.5 Å². The number of nitrogens with two attached hydrogens (primary N) is 1. The lowest BCUT2D eigenvalue weighted by Gasteiger charge is -2.09. The molecule has 5 nitrogen and oxygen atoms in total. The van der Waals surface area contributed by atoms with Crippen LogP contribution in [-0.2, 0) is 6.54 Å². The van der Waals surface area contributed by atoms with Crippen LogP contribution < -0.4 is 16.4 Å². The number of nitrogens with one attached hydrogen (secondary N) is 2. The molecule has 29 heavy (non-hydrogen) atoms. The number of carbonyl (C=O) groups is 1. The van der Waals surface area contributed by atoms with Gasteiger partial charge < -0.3 is 16.4 Å². The summed E-state index contributed by atoms with van der Waals surface area (Å²) in [7, 11) is 0. The molecule has 0 aliphatic carbocycles. The number of thioether (sulfide) groups is 1. The van der Waals surface area contributed by atoms with Crippen molar-refractivity contribution in [2.45, 2.75) is 12.6 Å². The topological polar surface area (TPSA) is 79.5 Å². The Morgan fingerprint density at radius 3 is 2.52 bits per heavy atom. The summed E-state index contributed by atoms with van der Waals surface area (Å²) in [6, 6.07) is 25.4. The normalized spacial score (nSPS) is 17.1. The fourth-order valence-electron chi connectivity index (χ4n) is 3.08. The summed E-state index contributed by atoms with van der Waals surface area (Å²) in [5, 5.41) is 7.27. The highest BCUT2D eigenvalue weighted by molar-refractivity contribution is 8.14. The first-order valence-corrected chi connectivity index (χ1v) is 10.4. The van der Waals surface area contributed by atoms with Crippen molar-refractivity contribution in [2.24, 2.45) is 4.99 Å². The summed E-state index contributed by atoms with van der Waals surface area (Å²) in [6.45, 7) is 0.574. The van der Waals surface area contributed by atoms with Crippen LogP contribution in [0.3, 0.4) is 0 Å².